The molecule has 3 nitrogen and oxygen atoms in total. The van der Waals surface area contributed by atoms with Crippen molar-refractivity contribution < 1.29 is 15.0 Å². The van der Waals surface area contributed by atoms with Gasteiger partial charge in [0.25, 0.3) is 0 Å². The normalized spacial score (nSPS) is 52.0. The summed E-state index contributed by atoms with van der Waals surface area (Å²) in [5.41, 5.74) is 0.904. The Labute approximate surface area is 151 Å². The van der Waals surface area contributed by atoms with Gasteiger partial charge in [-0.1, -0.05) is 26.0 Å². The van der Waals surface area contributed by atoms with Crippen LogP contribution in [-0.4, -0.2) is 27.7 Å². The summed E-state index contributed by atoms with van der Waals surface area (Å²) in [7, 11) is 0. The van der Waals surface area contributed by atoms with Crippen LogP contribution in [0.1, 0.15) is 65.7 Å². The monoisotopic (exact) mass is 344 g/mol. The van der Waals surface area contributed by atoms with Crippen molar-refractivity contribution in [2.45, 2.75) is 77.4 Å². The molecule has 2 N–H and O–H groups in total. The number of hydrogen-bond donors (Lipinski definition) is 2. The lowest BCUT2D eigenvalue weighted by atomic mass is 9.45. The first-order valence-electron chi connectivity index (χ1n) is 9.94. The van der Waals surface area contributed by atoms with Gasteiger partial charge in [-0.2, -0.15) is 0 Å². The molecule has 0 aliphatic heterocycles. The lowest BCUT2D eigenvalue weighted by Gasteiger charge is -2.60. The molecule has 3 heteroatoms. The fourth-order valence-electron chi connectivity index (χ4n) is 7.39. The number of rotatable bonds is 1. The number of aliphatic hydroxyl groups is 2. The molecular formula is C22H32O3. The Balaban J connectivity index is 1.75. The van der Waals surface area contributed by atoms with Crippen molar-refractivity contribution in [1.82, 2.24) is 0 Å². The van der Waals surface area contributed by atoms with E-state index in [9.17, 15) is 15.0 Å². The molecule has 0 heterocycles. The number of carbonyl (C=O) groups excluding carboxylic acids is 1. The predicted octanol–water partition coefficient (Wildman–Crippen LogP) is 3.80. The van der Waals surface area contributed by atoms with E-state index in [1.54, 1.807) is 0 Å². The number of aliphatic hydroxyl groups excluding tert-OH is 1. The van der Waals surface area contributed by atoms with Crippen LogP contribution in [-0.2, 0) is 4.79 Å². The lowest BCUT2D eigenvalue weighted by Crippen LogP contribution is -2.60. The average Bonchev–Trinajstić information content (AvgIpc) is 2.80. The van der Waals surface area contributed by atoms with Gasteiger partial charge in [0.2, 0.25) is 0 Å². The minimum Gasteiger partial charge on any atom is -0.393 e. The van der Waals surface area contributed by atoms with Crippen molar-refractivity contribution in [2.24, 2.45) is 28.6 Å². The Kier molecular flexibility index (Phi) is 3.70. The standard InChI is InChI=1S/C22H32O3/c1-13(2)22(25)10-8-17-16-6-5-14-11-15(23)7-9-20(14,3)19(16)18(24)12-21(17,22)4/h11,16-19,24-25H,1,5-10,12H2,2-4H3/t16-,17-,18+,19+,20+,21+,22-/m1/s1. The summed E-state index contributed by atoms with van der Waals surface area (Å²) in [6.07, 6.45) is 7.34. The fourth-order valence-corrected chi connectivity index (χ4v) is 7.39. The summed E-state index contributed by atoms with van der Waals surface area (Å²) in [6, 6.07) is 0. The number of hydrogen-bond acceptors (Lipinski definition) is 3. The second-order valence-corrected chi connectivity index (χ2v) is 9.76. The maximum Gasteiger partial charge on any atom is 0.155 e. The van der Waals surface area contributed by atoms with Crippen LogP contribution in [0.15, 0.2) is 23.8 Å². The van der Waals surface area contributed by atoms with Crippen LogP contribution >= 0.6 is 0 Å². The lowest BCUT2D eigenvalue weighted by molar-refractivity contribution is -0.160. The smallest absolute Gasteiger partial charge is 0.155 e. The molecule has 0 aromatic heterocycles. The van der Waals surface area contributed by atoms with Gasteiger partial charge in [0.15, 0.2) is 5.78 Å². The van der Waals surface area contributed by atoms with Crippen LogP contribution < -0.4 is 0 Å². The first kappa shape index (κ1) is 17.5. The van der Waals surface area contributed by atoms with Crippen LogP contribution in [0.5, 0.6) is 0 Å². The van der Waals surface area contributed by atoms with E-state index in [1.807, 2.05) is 13.0 Å². The van der Waals surface area contributed by atoms with E-state index in [0.717, 1.165) is 37.7 Å². The van der Waals surface area contributed by atoms with E-state index in [0.29, 0.717) is 24.7 Å². The maximum atomic E-state index is 11.9. The Morgan fingerprint density at radius 2 is 1.96 bits per heavy atom. The van der Waals surface area contributed by atoms with Crippen LogP contribution in [0.25, 0.3) is 0 Å². The maximum absolute atomic E-state index is 11.9. The molecule has 0 unspecified atom stereocenters. The van der Waals surface area contributed by atoms with Crippen LogP contribution in [0.2, 0.25) is 0 Å². The average molecular weight is 344 g/mol. The van der Waals surface area contributed by atoms with Crippen molar-refractivity contribution in [1.29, 1.82) is 0 Å². The molecule has 4 rings (SSSR count). The van der Waals surface area contributed by atoms with Gasteiger partial charge in [0, 0.05) is 11.8 Å². The van der Waals surface area contributed by atoms with Crippen LogP contribution in [0.4, 0.5) is 0 Å². The fraction of sp³-hybridized carbons (Fsp3) is 0.773. The van der Waals surface area contributed by atoms with E-state index in [2.05, 4.69) is 20.4 Å². The summed E-state index contributed by atoms with van der Waals surface area (Å²) in [4.78, 5) is 11.9. The third-order valence-corrected chi connectivity index (χ3v) is 8.75. The van der Waals surface area contributed by atoms with Crippen molar-refractivity contribution >= 4 is 5.78 Å². The van der Waals surface area contributed by atoms with E-state index in [4.69, 9.17) is 0 Å². The van der Waals surface area contributed by atoms with Gasteiger partial charge in [-0.3, -0.25) is 4.79 Å². The van der Waals surface area contributed by atoms with E-state index >= 15 is 0 Å². The molecule has 3 fully saturated rings. The number of carbonyl (C=O) groups is 1. The molecule has 0 bridgehead atoms. The highest BCUT2D eigenvalue weighted by atomic mass is 16.3. The van der Waals surface area contributed by atoms with Crippen molar-refractivity contribution in [3.63, 3.8) is 0 Å². The molecule has 4 aliphatic carbocycles. The Morgan fingerprint density at radius 1 is 1.24 bits per heavy atom. The summed E-state index contributed by atoms with van der Waals surface area (Å²) >= 11 is 0. The molecule has 3 saturated carbocycles. The zero-order valence-electron chi connectivity index (χ0n) is 15.8. The zero-order chi connectivity index (χ0) is 18.2. The van der Waals surface area contributed by atoms with Crippen molar-refractivity contribution in [2.75, 3.05) is 0 Å². The first-order valence-corrected chi connectivity index (χ1v) is 9.94. The van der Waals surface area contributed by atoms with Gasteiger partial charge in [-0.15, -0.1) is 0 Å². The summed E-state index contributed by atoms with van der Waals surface area (Å²) < 4.78 is 0. The van der Waals surface area contributed by atoms with Crippen LogP contribution in [0.3, 0.4) is 0 Å². The summed E-state index contributed by atoms with van der Waals surface area (Å²) in [6.45, 7) is 10.5. The van der Waals surface area contributed by atoms with E-state index in [-0.39, 0.29) is 22.5 Å². The molecule has 7 atom stereocenters. The third kappa shape index (κ3) is 2.09. The Bertz CT molecular complexity index is 664. The largest absolute Gasteiger partial charge is 0.393 e. The second kappa shape index (κ2) is 5.29. The molecule has 0 saturated heterocycles. The highest BCUT2D eigenvalue weighted by molar-refractivity contribution is 5.91. The zero-order valence-corrected chi connectivity index (χ0v) is 15.8. The topological polar surface area (TPSA) is 57.5 Å². The Hall–Kier alpha value is -0.930. The summed E-state index contributed by atoms with van der Waals surface area (Å²) in [5, 5.41) is 22.6. The minimum atomic E-state index is -0.858. The molecule has 0 amide bonds. The van der Waals surface area contributed by atoms with Gasteiger partial charge in [-0.05, 0) is 80.3 Å². The van der Waals surface area contributed by atoms with Gasteiger partial charge >= 0.3 is 0 Å². The number of allylic oxidation sites excluding steroid dienone is 1. The van der Waals surface area contributed by atoms with Gasteiger partial charge in [0.05, 0.1) is 11.7 Å². The SMILES string of the molecule is C=C(C)[C@]1(O)CC[C@@H]2[C@H]3CCC4=CC(=O)CC[C@]4(C)[C@@H]3[C@@H](O)C[C@@]21C. The molecule has 0 radical (unpaired) electrons. The molecule has 0 aromatic rings. The van der Waals surface area contributed by atoms with E-state index < -0.39 is 11.7 Å². The summed E-state index contributed by atoms with van der Waals surface area (Å²) in [5.74, 6) is 1.32. The molecular weight excluding hydrogens is 312 g/mol. The molecule has 25 heavy (non-hydrogen) atoms. The molecule has 0 aromatic carbocycles. The predicted molar refractivity (Wildman–Crippen MR) is 97.9 cm³/mol. The third-order valence-electron chi connectivity index (χ3n) is 8.75. The number of ketones is 1. The number of fused-ring (bicyclic) bond motifs is 5. The molecule has 138 valence electrons. The van der Waals surface area contributed by atoms with E-state index in [1.165, 1.54) is 5.57 Å². The van der Waals surface area contributed by atoms with Gasteiger partial charge < -0.3 is 10.2 Å². The first-order chi connectivity index (χ1) is 11.6. The minimum absolute atomic E-state index is 0.0541. The second-order valence-electron chi connectivity index (χ2n) is 9.76. The van der Waals surface area contributed by atoms with Crippen molar-refractivity contribution in [3.8, 4) is 0 Å². The molecule has 4 aliphatic rings. The molecule has 0 spiro atoms. The van der Waals surface area contributed by atoms with Gasteiger partial charge in [-0.25, -0.2) is 0 Å². The van der Waals surface area contributed by atoms with Crippen LogP contribution in [0, 0.1) is 28.6 Å². The Morgan fingerprint density at radius 3 is 2.64 bits per heavy atom. The van der Waals surface area contributed by atoms with Crippen molar-refractivity contribution in [3.05, 3.63) is 23.8 Å². The quantitative estimate of drug-likeness (QED) is 0.712. The highest BCUT2D eigenvalue weighted by Crippen LogP contribution is 2.68. The van der Waals surface area contributed by atoms with Gasteiger partial charge in [0.1, 0.15) is 0 Å². The highest BCUT2D eigenvalue weighted by Gasteiger charge is 2.66.